The van der Waals surface area contributed by atoms with Crippen molar-refractivity contribution in [2.24, 2.45) is 11.8 Å². The SMILES string of the molecule is CC1CCC(NC(=O)c2c[nH]c3cc(N)ccc23)C1C. The van der Waals surface area contributed by atoms with Crippen LogP contribution in [0.25, 0.3) is 10.9 Å². The summed E-state index contributed by atoms with van der Waals surface area (Å²) in [7, 11) is 0. The van der Waals surface area contributed by atoms with Crippen LogP contribution < -0.4 is 11.1 Å². The van der Waals surface area contributed by atoms with Crippen LogP contribution in [0.15, 0.2) is 24.4 Å². The van der Waals surface area contributed by atoms with Gasteiger partial charge in [-0.3, -0.25) is 4.79 Å². The molecule has 4 heteroatoms. The zero-order valence-corrected chi connectivity index (χ0v) is 11.9. The zero-order chi connectivity index (χ0) is 14.3. The number of nitrogens with one attached hydrogen (secondary N) is 2. The van der Waals surface area contributed by atoms with Crippen LogP contribution in [0.5, 0.6) is 0 Å². The molecule has 20 heavy (non-hydrogen) atoms. The Labute approximate surface area is 118 Å². The molecule has 4 nitrogen and oxygen atoms in total. The number of benzene rings is 1. The monoisotopic (exact) mass is 271 g/mol. The first-order valence-electron chi connectivity index (χ1n) is 7.23. The highest BCUT2D eigenvalue weighted by molar-refractivity contribution is 6.07. The van der Waals surface area contributed by atoms with E-state index in [0.717, 1.165) is 17.3 Å². The Bertz CT molecular complexity index is 646. The van der Waals surface area contributed by atoms with Gasteiger partial charge in [0.25, 0.3) is 5.91 Å². The van der Waals surface area contributed by atoms with Crippen molar-refractivity contribution in [2.45, 2.75) is 32.7 Å². The minimum Gasteiger partial charge on any atom is -0.399 e. The third-order valence-corrected chi connectivity index (χ3v) is 4.73. The average molecular weight is 271 g/mol. The molecule has 1 aromatic heterocycles. The predicted octanol–water partition coefficient (Wildman–Crippen LogP) is 2.91. The standard InChI is InChI=1S/C16H21N3O/c1-9-3-6-14(10(9)2)19-16(20)13-8-18-15-7-11(17)4-5-12(13)15/h4-5,7-10,14,18H,3,6,17H2,1-2H3,(H,19,20). The van der Waals surface area contributed by atoms with Crippen LogP contribution in [0, 0.1) is 11.8 Å². The van der Waals surface area contributed by atoms with Gasteiger partial charge in [-0.1, -0.05) is 13.8 Å². The second-order valence-electron chi connectivity index (χ2n) is 6.00. The van der Waals surface area contributed by atoms with Crippen LogP contribution >= 0.6 is 0 Å². The molecule has 3 rings (SSSR count). The van der Waals surface area contributed by atoms with Crippen LogP contribution in [0.3, 0.4) is 0 Å². The number of aromatic nitrogens is 1. The van der Waals surface area contributed by atoms with E-state index in [1.807, 2.05) is 18.2 Å². The summed E-state index contributed by atoms with van der Waals surface area (Å²) in [5.41, 5.74) is 8.06. The van der Waals surface area contributed by atoms with Gasteiger partial charge in [0, 0.05) is 28.8 Å². The quantitative estimate of drug-likeness (QED) is 0.735. The molecule has 0 bridgehead atoms. The minimum atomic E-state index is 0.00646. The van der Waals surface area contributed by atoms with Crippen molar-refractivity contribution in [1.82, 2.24) is 10.3 Å². The van der Waals surface area contributed by atoms with E-state index < -0.39 is 0 Å². The van der Waals surface area contributed by atoms with Crippen molar-refractivity contribution in [3.63, 3.8) is 0 Å². The highest BCUT2D eigenvalue weighted by atomic mass is 16.1. The van der Waals surface area contributed by atoms with E-state index in [4.69, 9.17) is 5.73 Å². The maximum Gasteiger partial charge on any atom is 0.253 e. The number of rotatable bonds is 2. The van der Waals surface area contributed by atoms with Gasteiger partial charge in [0.15, 0.2) is 0 Å². The van der Waals surface area contributed by atoms with Crippen LogP contribution in [0.2, 0.25) is 0 Å². The summed E-state index contributed by atoms with van der Waals surface area (Å²) in [6.07, 6.45) is 4.03. The Morgan fingerprint density at radius 2 is 2.15 bits per heavy atom. The number of fused-ring (bicyclic) bond motifs is 1. The van der Waals surface area contributed by atoms with Gasteiger partial charge in [-0.2, -0.15) is 0 Å². The van der Waals surface area contributed by atoms with Crippen molar-refractivity contribution in [2.75, 3.05) is 5.73 Å². The van der Waals surface area contributed by atoms with Gasteiger partial charge < -0.3 is 16.0 Å². The molecule has 1 amide bonds. The molecule has 0 aliphatic heterocycles. The Morgan fingerprint density at radius 1 is 1.35 bits per heavy atom. The molecular formula is C16H21N3O. The molecule has 0 spiro atoms. The minimum absolute atomic E-state index is 0.00646. The van der Waals surface area contributed by atoms with E-state index in [-0.39, 0.29) is 11.9 Å². The lowest BCUT2D eigenvalue weighted by atomic mass is 9.97. The largest absolute Gasteiger partial charge is 0.399 e. The molecule has 2 aromatic rings. The summed E-state index contributed by atoms with van der Waals surface area (Å²) < 4.78 is 0. The van der Waals surface area contributed by atoms with Gasteiger partial charge in [-0.05, 0) is 42.9 Å². The third kappa shape index (κ3) is 2.15. The molecule has 106 valence electrons. The number of carbonyl (C=O) groups is 1. The summed E-state index contributed by atoms with van der Waals surface area (Å²) in [6, 6.07) is 5.87. The van der Waals surface area contributed by atoms with Gasteiger partial charge >= 0.3 is 0 Å². The number of hydrogen-bond acceptors (Lipinski definition) is 2. The molecule has 3 unspecified atom stereocenters. The number of anilines is 1. The van der Waals surface area contributed by atoms with Gasteiger partial charge in [-0.25, -0.2) is 0 Å². The maximum atomic E-state index is 12.5. The second kappa shape index (κ2) is 4.85. The molecule has 1 aliphatic rings. The number of carbonyl (C=O) groups excluding carboxylic acids is 1. The van der Waals surface area contributed by atoms with Crippen LogP contribution in [-0.4, -0.2) is 16.9 Å². The molecule has 1 saturated carbocycles. The molecule has 1 fully saturated rings. The Balaban J connectivity index is 1.82. The predicted molar refractivity (Wildman–Crippen MR) is 81.5 cm³/mol. The number of H-pyrrole nitrogens is 1. The summed E-state index contributed by atoms with van der Waals surface area (Å²) in [4.78, 5) is 15.6. The fourth-order valence-corrected chi connectivity index (χ4v) is 3.15. The zero-order valence-electron chi connectivity index (χ0n) is 11.9. The normalized spacial score (nSPS) is 26.0. The van der Waals surface area contributed by atoms with Crippen LogP contribution in [-0.2, 0) is 0 Å². The van der Waals surface area contributed by atoms with Crippen molar-refractivity contribution in [3.8, 4) is 0 Å². The van der Waals surface area contributed by atoms with Gasteiger partial charge in [0.2, 0.25) is 0 Å². The number of hydrogen-bond donors (Lipinski definition) is 3. The van der Waals surface area contributed by atoms with Crippen molar-refractivity contribution in [1.29, 1.82) is 0 Å². The molecular weight excluding hydrogens is 250 g/mol. The van der Waals surface area contributed by atoms with Crippen molar-refractivity contribution < 1.29 is 4.79 Å². The molecule has 1 heterocycles. The third-order valence-electron chi connectivity index (χ3n) is 4.73. The van der Waals surface area contributed by atoms with Crippen LogP contribution in [0.4, 0.5) is 5.69 Å². The van der Waals surface area contributed by atoms with E-state index >= 15 is 0 Å². The summed E-state index contributed by atoms with van der Waals surface area (Å²) in [6.45, 7) is 4.48. The summed E-state index contributed by atoms with van der Waals surface area (Å²) in [5.74, 6) is 1.23. The van der Waals surface area contributed by atoms with E-state index in [9.17, 15) is 4.79 Å². The van der Waals surface area contributed by atoms with E-state index in [2.05, 4.69) is 24.1 Å². The summed E-state index contributed by atoms with van der Waals surface area (Å²) >= 11 is 0. The number of aromatic amines is 1. The maximum absolute atomic E-state index is 12.5. The molecule has 1 aliphatic carbocycles. The fraction of sp³-hybridized carbons (Fsp3) is 0.438. The number of nitrogen functional groups attached to an aromatic ring is 1. The average Bonchev–Trinajstić information content (AvgIpc) is 2.96. The first kappa shape index (κ1) is 13.0. The smallest absolute Gasteiger partial charge is 0.253 e. The first-order valence-corrected chi connectivity index (χ1v) is 7.23. The lowest BCUT2D eigenvalue weighted by molar-refractivity contribution is 0.0929. The van der Waals surface area contributed by atoms with E-state index in [0.29, 0.717) is 23.1 Å². The number of nitrogens with two attached hydrogens (primary N) is 1. The topological polar surface area (TPSA) is 70.9 Å². The lowest BCUT2D eigenvalue weighted by Gasteiger charge is -2.19. The Kier molecular flexibility index (Phi) is 3.16. The molecule has 0 radical (unpaired) electrons. The number of amides is 1. The van der Waals surface area contributed by atoms with Gasteiger partial charge in [0.05, 0.1) is 5.56 Å². The molecule has 0 saturated heterocycles. The van der Waals surface area contributed by atoms with Crippen molar-refractivity contribution in [3.05, 3.63) is 30.0 Å². The molecule has 1 aromatic carbocycles. The van der Waals surface area contributed by atoms with Gasteiger partial charge in [0.1, 0.15) is 0 Å². The highest BCUT2D eigenvalue weighted by Gasteiger charge is 2.31. The van der Waals surface area contributed by atoms with E-state index in [1.165, 1.54) is 6.42 Å². The van der Waals surface area contributed by atoms with Crippen LogP contribution in [0.1, 0.15) is 37.0 Å². The Morgan fingerprint density at radius 3 is 2.85 bits per heavy atom. The summed E-state index contributed by atoms with van der Waals surface area (Å²) in [5, 5.41) is 4.10. The Hall–Kier alpha value is -1.97. The van der Waals surface area contributed by atoms with Gasteiger partial charge in [-0.15, -0.1) is 0 Å². The second-order valence-corrected chi connectivity index (χ2v) is 6.00. The lowest BCUT2D eigenvalue weighted by Crippen LogP contribution is -2.37. The van der Waals surface area contributed by atoms with E-state index in [1.54, 1.807) is 6.20 Å². The molecule has 4 N–H and O–H groups in total. The van der Waals surface area contributed by atoms with Crippen molar-refractivity contribution >= 4 is 22.5 Å². The highest BCUT2D eigenvalue weighted by Crippen LogP contribution is 2.31. The fourth-order valence-electron chi connectivity index (χ4n) is 3.15. The first-order chi connectivity index (χ1) is 9.56. The molecule has 3 atom stereocenters.